The second kappa shape index (κ2) is 6.76. The van der Waals surface area contributed by atoms with E-state index in [9.17, 15) is 0 Å². The minimum atomic E-state index is 0.349. The Hall–Kier alpha value is -2.12. The molecule has 0 amide bonds. The Kier molecular flexibility index (Phi) is 4.55. The molecule has 112 valence electrons. The highest BCUT2D eigenvalue weighted by Gasteiger charge is 2.13. The summed E-state index contributed by atoms with van der Waals surface area (Å²) in [4.78, 5) is 0. The lowest BCUT2D eigenvalue weighted by Crippen LogP contribution is -2.29. The first-order chi connectivity index (χ1) is 10.7. The van der Waals surface area contributed by atoms with E-state index in [0.29, 0.717) is 12.1 Å². The molecular weight excluding hydrogens is 266 g/mol. The summed E-state index contributed by atoms with van der Waals surface area (Å²) in [5, 5.41) is 6.31. The average molecular weight is 289 g/mol. The van der Waals surface area contributed by atoms with Gasteiger partial charge in [-0.25, -0.2) is 0 Å². The fourth-order valence-corrected chi connectivity index (χ4v) is 2.96. The summed E-state index contributed by atoms with van der Waals surface area (Å²) in [5.41, 5.74) is 2.73. The van der Waals surface area contributed by atoms with Crippen LogP contribution in [0.15, 0.2) is 72.8 Å². The zero-order valence-electron chi connectivity index (χ0n) is 13.3. The monoisotopic (exact) mass is 289 g/mol. The summed E-state index contributed by atoms with van der Waals surface area (Å²) in [7, 11) is 0. The number of hydrogen-bond acceptors (Lipinski definition) is 1. The molecule has 1 nitrogen and oxygen atoms in total. The van der Waals surface area contributed by atoms with E-state index in [4.69, 9.17) is 0 Å². The Morgan fingerprint density at radius 3 is 2.18 bits per heavy atom. The van der Waals surface area contributed by atoms with Gasteiger partial charge in [0.05, 0.1) is 0 Å². The van der Waals surface area contributed by atoms with Crippen molar-refractivity contribution in [1.29, 1.82) is 0 Å². The van der Waals surface area contributed by atoms with Crippen molar-refractivity contribution in [3.8, 4) is 0 Å². The van der Waals surface area contributed by atoms with Crippen molar-refractivity contribution in [2.45, 2.75) is 32.4 Å². The molecule has 1 atom stereocenters. The van der Waals surface area contributed by atoms with Gasteiger partial charge in [0.25, 0.3) is 0 Å². The van der Waals surface area contributed by atoms with Crippen LogP contribution in [0.25, 0.3) is 10.8 Å². The molecule has 0 radical (unpaired) electrons. The van der Waals surface area contributed by atoms with E-state index in [1.807, 2.05) is 0 Å². The second-order valence-electron chi connectivity index (χ2n) is 6.17. The van der Waals surface area contributed by atoms with Crippen LogP contribution in [0.3, 0.4) is 0 Å². The predicted octanol–water partition coefficient (Wildman–Crippen LogP) is 5.12. The van der Waals surface area contributed by atoms with E-state index in [2.05, 4.69) is 92.0 Å². The number of fused-ring (bicyclic) bond motifs is 1. The van der Waals surface area contributed by atoms with Gasteiger partial charge in [0.15, 0.2) is 0 Å². The summed E-state index contributed by atoms with van der Waals surface area (Å²) < 4.78 is 0. The molecule has 3 aromatic carbocycles. The van der Waals surface area contributed by atoms with Crippen LogP contribution in [0.1, 0.15) is 31.0 Å². The third kappa shape index (κ3) is 3.55. The van der Waals surface area contributed by atoms with Crippen LogP contribution in [0.5, 0.6) is 0 Å². The minimum Gasteiger partial charge on any atom is -0.307 e. The van der Waals surface area contributed by atoms with E-state index < -0.39 is 0 Å². The second-order valence-corrected chi connectivity index (χ2v) is 6.17. The standard InChI is InChI=1S/C21H23N/c1-16(2)22-21(19-9-4-3-5-10-19)15-17-12-13-18-8-6-7-11-20(18)14-17/h3-14,16,21-22H,15H2,1-2H3. The minimum absolute atomic E-state index is 0.349. The molecule has 0 aromatic heterocycles. The van der Waals surface area contributed by atoms with Crippen molar-refractivity contribution in [2.24, 2.45) is 0 Å². The molecule has 0 saturated carbocycles. The van der Waals surface area contributed by atoms with Gasteiger partial charge in [-0.3, -0.25) is 0 Å². The highest BCUT2D eigenvalue weighted by atomic mass is 14.9. The van der Waals surface area contributed by atoms with E-state index in [0.717, 1.165) is 6.42 Å². The number of hydrogen-bond donors (Lipinski definition) is 1. The summed E-state index contributed by atoms with van der Waals surface area (Å²) >= 11 is 0. The lowest BCUT2D eigenvalue weighted by molar-refractivity contribution is 0.475. The van der Waals surface area contributed by atoms with Crippen LogP contribution >= 0.6 is 0 Å². The zero-order chi connectivity index (χ0) is 15.4. The average Bonchev–Trinajstić information content (AvgIpc) is 2.54. The lowest BCUT2D eigenvalue weighted by Gasteiger charge is -2.22. The number of nitrogens with one attached hydrogen (secondary N) is 1. The molecule has 0 saturated heterocycles. The number of benzene rings is 3. The van der Waals surface area contributed by atoms with Gasteiger partial charge in [0.1, 0.15) is 0 Å². The van der Waals surface area contributed by atoms with Crippen LogP contribution in [0.4, 0.5) is 0 Å². The maximum absolute atomic E-state index is 3.69. The zero-order valence-corrected chi connectivity index (χ0v) is 13.3. The molecule has 0 bridgehead atoms. The van der Waals surface area contributed by atoms with Crippen LogP contribution < -0.4 is 5.32 Å². The summed E-state index contributed by atoms with van der Waals surface area (Å²) in [6.07, 6.45) is 1.01. The molecule has 0 spiro atoms. The van der Waals surface area contributed by atoms with Crippen LogP contribution in [0, 0.1) is 0 Å². The first-order valence-electron chi connectivity index (χ1n) is 8.01. The van der Waals surface area contributed by atoms with Gasteiger partial charge < -0.3 is 5.32 Å². The van der Waals surface area contributed by atoms with Gasteiger partial charge in [-0.15, -0.1) is 0 Å². The quantitative estimate of drug-likeness (QED) is 0.687. The van der Waals surface area contributed by atoms with Gasteiger partial charge in [0, 0.05) is 12.1 Å². The van der Waals surface area contributed by atoms with Crippen molar-refractivity contribution < 1.29 is 0 Å². The molecule has 0 fully saturated rings. The van der Waals surface area contributed by atoms with Gasteiger partial charge in [0.2, 0.25) is 0 Å². The Labute approximate surface area is 133 Å². The maximum atomic E-state index is 3.69. The highest BCUT2D eigenvalue weighted by molar-refractivity contribution is 5.83. The van der Waals surface area contributed by atoms with Crippen molar-refractivity contribution in [2.75, 3.05) is 0 Å². The molecular formula is C21H23N. The molecule has 1 unspecified atom stereocenters. The molecule has 0 heterocycles. The normalized spacial score (nSPS) is 12.7. The molecule has 3 rings (SSSR count). The molecule has 22 heavy (non-hydrogen) atoms. The van der Waals surface area contributed by atoms with Crippen molar-refractivity contribution in [3.05, 3.63) is 83.9 Å². The Bertz CT molecular complexity index is 731. The highest BCUT2D eigenvalue weighted by Crippen LogP contribution is 2.22. The molecule has 0 aliphatic carbocycles. The van der Waals surface area contributed by atoms with Gasteiger partial charge >= 0.3 is 0 Å². The van der Waals surface area contributed by atoms with Crippen molar-refractivity contribution in [1.82, 2.24) is 5.32 Å². The summed E-state index contributed by atoms with van der Waals surface area (Å²) in [6.45, 7) is 4.41. The summed E-state index contributed by atoms with van der Waals surface area (Å²) in [5.74, 6) is 0. The predicted molar refractivity (Wildman–Crippen MR) is 95.1 cm³/mol. The first-order valence-corrected chi connectivity index (χ1v) is 8.01. The smallest absolute Gasteiger partial charge is 0.0362 e. The van der Waals surface area contributed by atoms with E-state index in [-0.39, 0.29) is 0 Å². The number of rotatable bonds is 5. The molecule has 0 aliphatic heterocycles. The van der Waals surface area contributed by atoms with Gasteiger partial charge in [-0.2, -0.15) is 0 Å². The first kappa shape index (κ1) is 14.8. The van der Waals surface area contributed by atoms with Gasteiger partial charge in [-0.05, 0) is 28.3 Å². The lowest BCUT2D eigenvalue weighted by atomic mass is 9.96. The topological polar surface area (TPSA) is 12.0 Å². The largest absolute Gasteiger partial charge is 0.307 e. The Balaban J connectivity index is 1.88. The third-order valence-electron chi connectivity index (χ3n) is 3.99. The fraction of sp³-hybridized carbons (Fsp3) is 0.238. The van der Waals surface area contributed by atoms with E-state index in [1.54, 1.807) is 0 Å². The van der Waals surface area contributed by atoms with Crippen molar-refractivity contribution >= 4 is 10.8 Å². The van der Waals surface area contributed by atoms with E-state index in [1.165, 1.54) is 21.9 Å². The van der Waals surface area contributed by atoms with E-state index >= 15 is 0 Å². The van der Waals surface area contributed by atoms with Crippen LogP contribution in [-0.4, -0.2) is 6.04 Å². The summed E-state index contributed by atoms with van der Waals surface area (Å²) in [6, 6.07) is 26.9. The van der Waals surface area contributed by atoms with Crippen LogP contribution in [-0.2, 0) is 6.42 Å². The SMILES string of the molecule is CC(C)NC(Cc1ccc2ccccc2c1)c1ccccc1. The van der Waals surface area contributed by atoms with Crippen LogP contribution in [0.2, 0.25) is 0 Å². The Morgan fingerprint density at radius 2 is 1.45 bits per heavy atom. The molecule has 1 heteroatoms. The third-order valence-corrected chi connectivity index (χ3v) is 3.99. The Morgan fingerprint density at radius 1 is 0.773 bits per heavy atom. The van der Waals surface area contributed by atoms with Gasteiger partial charge in [-0.1, -0.05) is 86.6 Å². The fourth-order valence-electron chi connectivity index (χ4n) is 2.96. The molecule has 3 aromatic rings. The molecule has 1 N–H and O–H groups in total. The van der Waals surface area contributed by atoms with Crippen molar-refractivity contribution in [3.63, 3.8) is 0 Å². The molecule has 0 aliphatic rings. The maximum Gasteiger partial charge on any atom is 0.0362 e.